The first-order chi connectivity index (χ1) is 13.4. The molecule has 0 aliphatic rings. The summed E-state index contributed by atoms with van der Waals surface area (Å²) in [6.45, 7) is 1.90. The maximum atomic E-state index is 13.8. The minimum Gasteiger partial charge on any atom is -0.351 e. The molecule has 0 aliphatic heterocycles. The number of hydrogen-bond acceptors (Lipinski definition) is 4. The summed E-state index contributed by atoms with van der Waals surface area (Å²) in [5.41, 5.74) is 1.21. The van der Waals surface area contributed by atoms with Gasteiger partial charge in [-0.1, -0.05) is 30.0 Å². The molecular formula is C20H17F2N3O2S. The Hall–Kier alpha value is -3.00. The summed E-state index contributed by atoms with van der Waals surface area (Å²) in [6, 6.07) is 10.3. The van der Waals surface area contributed by atoms with Gasteiger partial charge in [-0.15, -0.1) is 0 Å². The van der Waals surface area contributed by atoms with Crippen LogP contribution in [0.4, 0.5) is 8.78 Å². The summed E-state index contributed by atoms with van der Waals surface area (Å²) in [7, 11) is 0. The van der Waals surface area contributed by atoms with E-state index in [1.54, 1.807) is 31.2 Å². The molecule has 28 heavy (non-hydrogen) atoms. The molecule has 8 heteroatoms. The Kier molecular flexibility index (Phi) is 6.20. The standard InChI is InChI=1S/C20H17F2N3O2S/c1-13-2-7-16(10-17(13)22)25-9-8-23-19(20(25)27)28-12-18(26)24-11-14-3-5-15(21)6-4-14/h2-10H,11-12H2,1H3,(H,24,26). The molecule has 0 unspecified atom stereocenters. The van der Waals surface area contributed by atoms with E-state index in [2.05, 4.69) is 10.3 Å². The monoisotopic (exact) mass is 401 g/mol. The highest BCUT2D eigenvalue weighted by molar-refractivity contribution is 7.99. The first-order valence-corrected chi connectivity index (χ1v) is 9.41. The van der Waals surface area contributed by atoms with Crippen molar-refractivity contribution in [3.8, 4) is 5.69 Å². The maximum Gasteiger partial charge on any atom is 0.287 e. The Bertz CT molecular complexity index is 1050. The Labute approximate surface area is 164 Å². The van der Waals surface area contributed by atoms with Crippen molar-refractivity contribution in [1.82, 2.24) is 14.9 Å². The summed E-state index contributed by atoms with van der Waals surface area (Å²) >= 11 is 0.999. The molecule has 3 rings (SSSR count). The van der Waals surface area contributed by atoms with Crippen molar-refractivity contribution in [1.29, 1.82) is 0 Å². The van der Waals surface area contributed by atoms with Gasteiger partial charge in [-0.05, 0) is 42.3 Å². The van der Waals surface area contributed by atoms with Crippen molar-refractivity contribution < 1.29 is 13.6 Å². The van der Waals surface area contributed by atoms with Crippen LogP contribution in [0.2, 0.25) is 0 Å². The van der Waals surface area contributed by atoms with Gasteiger partial charge in [0, 0.05) is 18.9 Å². The lowest BCUT2D eigenvalue weighted by molar-refractivity contribution is -0.118. The quantitative estimate of drug-likeness (QED) is 0.644. The van der Waals surface area contributed by atoms with Gasteiger partial charge in [0.1, 0.15) is 11.6 Å². The number of rotatable bonds is 6. The minimum absolute atomic E-state index is 0.00426. The first-order valence-electron chi connectivity index (χ1n) is 8.42. The topological polar surface area (TPSA) is 64.0 Å². The average Bonchev–Trinajstić information content (AvgIpc) is 2.69. The maximum absolute atomic E-state index is 13.8. The lowest BCUT2D eigenvalue weighted by Crippen LogP contribution is -2.26. The molecule has 144 valence electrons. The molecule has 0 fully saturated rings. The Morgan fingerprint density at radius 2 is 1.93 bits per heavy atom. The zero-order valence-electron chi connectivity index (χ0n) is 15.0. The molecule has 0 bridgehead atoms. The van der Waals surface area contributed by atoms with E-state index >= 15 is 0 Å². The number of halogens is 2. The molecule has 2 aromatic carbocycles. The van der Waals surface area contributed by atoms with Crippen LogP contribution in [0, 0.1) is 18.6 Å². The van der Waals surface area contributed by atoms with Gasteiger partial charge in [-0.25, -0.2) is 13.8 Å². The molecule has 0 aliphatic carbocycles. The number of aryl methyl sites for hydroxylation is 1. The number of aromatic nitrogens is 2. The summed E-state index contributed by atoms with van der Waals surface area (Å²) in [4.78, 5) is 28.6. The van der Waals surface area contributed by atoms with Gasteiger partial charge in [0.25, 0.3) is 5.56 Å². The lowest BCUT2D eigenvalue weighted by atomic mass is 10.2. The van der Waals surface area contributed by atoms with Crippen molar-refractivity contribution >= 4 is 17.7 Å². The van der Waals surface area contributed by atoms with Crippen LogP contribution in [0.5, 0.6) is 0 Å². The Balaban J connectivity index is 1.64. The van der Waals surface area contributed by atoms with E-state index in [0.29, 0.717) is 11.3 Å². The normalized spacial score (nSPS) is 10.7. The van der Waals surface area contributed by atoms with Crippen LogP contribution in [0.1, 0.15) is 11.1 Å². The van der Waals surface area contributed by atoms with Crippen molar-refractivity contribution in [3.63, 3.8) is 0 Å². The number of nitrogens with one attached hydrogen (secondary N) is 1. The van der Waals surface area contributed by atoms with Gasteiger partial charge in [0.05, 0.1) is 11.4 Å². The van der Waals surface area contributed by atoms with Crippen LogP contribution in [0.25, 0.3) is 5.69 Å². The van der Waals surface area contributed by atoms with Gasteiger partial charge in [-0.2, -0.15) is 0 Å². The lowest BCUT2D eigenvalue weighted by Gasteiger charge is -2.09. The first kappa shape index (κ1) is 19.8. The van der Waals surface area contributed by atoms with Crippen LogP contribution in [-0.4, -0.2) is 21.2 Å². The van der Waals surface area contributed by atoms with E-state index in [1.807, 2.05) is 0 Å². The highest BCUT2D eigenvalue weighted by Gasteiger charge is 2.11. The van der Waals surface area contributed by atoms with E-state index in [1.165, 1.54) is 35.2 Å². The van der Waals surface area contributed by atoms with Gasteiger partial charge >= 0.3 is 0 Å². The highest BCUT2D eigenvalue weighted by atomic mass is 32.2. The van der Waals surface area contributed by atoms with E-state index in [4.69, 9.17) is 0 Å². The molecule has 0 atom stereocenters. The Morgan fingerprint density at radius 1 is 1.18 bits per heavy atom. The molecule has 5 nitrogen and oxygen atoms in total. The van der Waals surface area contributed by atoms with E-state index in [9.17, 15) is 18.4 Å². The number of amides is 1. The van der Waals surface area contributed by atoms with Gasteiger partial charge in [0.15, 0.2) is 5.03 Å². The van der Waals surface area contributed by atoms with Crippen molar-refractivity contribution in [2.45, 2.75) is 18.5 Å². The van der Waals surface area contributed by atoms with Crippen LogP contribution in [0.15, 0.2) is 64.7 Å². The number of hydrogen-bond donors (Lipinski definition) is 1. The zero-order valence-corrected chi connectivity index (χ0v) is 15.8. The number of carbonyl (C=O) groups is 1. The smallest absolute Gasteiger partial charge is 0.287 e. The van der Waals surface area contributed by atoms with Crippen LogP contribution in [-0.2, 0) is 11.3 Å². The summed E-state index contributed by atoms with van der Waals surface area (Å²) in [6.07, 6.45) is 2.88. The molecule has 1 amide bonds. The third-order valence-corrected chi connectivity index (χ3v) is 4.95. The predicted octanol–water partition coefficient (Wildman–Crippen LogP) is 3.23. The largest absolute Gasteiger partial charge is 0.351 e. The fourth-order valence-electron chi connectivity index (χ4n) is 2.42. The Morgan fingerprint density at radius 3 is 2.64 bits per heavy atom. The summed E-state index contributed by atoms with van der Waals surface area (Å²) in [5.74, 6) is -1.04. The molecule has 1 aromatic heterocycles. The van der Waals surface area contributed by atoms with Crippen molar-refractivity contribution in [2.75, 3.05) is 5.75 Å². The van der Waals surface area contributed by atoms with E-state index in [-0.39, 0.29) is 29.0 Å². The number of benzene rings is 2. The number of nitrogens with zero attached hydrogens (tertiary/aromatic N) is 2. The minimum atomic E-state index is -0.429. The van der Waals surface area contributed by atoms with Crippen molar-refractivity contribution in [3.05, 3.63) is 88.0 Å². The third-order valence-electron chi connectivity index (χ3n) is 3.99. The van der Waals surface area contributed by atoms with Gasteiger partial charge in [-0.3, -0.25) is 14.2 Å². The second-order valence-electron chi connectivity index (χ2n) is 6.03. The second kappa shape index (κ2) is 8.79. The number of carbonyl (C=O) groups excluding carboxylic acids is 1. The molecule has 0 saturated carbocycles. The summed E-state index contributed by atoms with van der Waals surface area (Å²) in [5, 5.41) is 2.84. The SMILES string of the molecule is Cc1ccc(-n2ccnc(SCC(=O)NCc3ccc(F)cc3)c2=O)cc1F. The van der Waals surface area contributed by atoms with E-state index in [0.717, 1.165) is 17.3 Å². The molecule has 0 spiro atoms. The molecule has 1 heterocycles. The fraction of sp³-hybridized carbons (Fsp3) is 0.150. The molecule has 1 N–H and O–H groups in total. The van der Waals surface area contributed by atoms with Crippen LogP contribution < -0.4 is 10.9 Å². The number of thioether (sulfide) groups is 1. The van der Waals surface area contributed by atoms with Gasteiger partial charge < -0.3 is 5.32 Å². The summed E-state index contributed by atoms with van der Waals surface area (Å²) < 4.78 is 28.0. The average molecular weight is 401 g/mol. The van der Waals surface area contributed by atoms with Gasteiger partial charge in [0.2, 0.25) is 5.91 Å². The third kappa shape index (κ3) is 4.83. The second-order valence-corrected chi connectivity index (χ2v) is 7.00. The van der Waals surface area contributed by atoms with Crippen LogP contribution >= 0.6 is 11.8 Å². The molecule has 3 aromatic rings. The molecule has 0 radical (unpaired) electrons. The molecular weight excluding hydrogens is 384 g/mol. The van der Waals surface area contributed by atoms with Crippen molar-refractivity contribution in [2.24, 2.45) is 0 Å². The fourth-order valence-corrected chi connectivity index (χ4v) is 3.14. The highest BCUT2D eigenvalue weighted by Crippen LogP contribution is 2.14. The molecule has 0 saturated heterocycles. The van der Waals surface area contributed by atoms with E-state index < -0.39 is 11.4 Å². The zero-order chi connectivity index (χ0) is 20.1. The van der Waals surface area contributed by atoms with Crippen LogP contribution in [0.3, 0.4) is 0 Å². The predicted molar refractivity (Wildman–Crippen MR) is 103 cm³/mol.